The summed E-state index contributed by atoms with van der Waals surface area (Å²) in [6, 6.07) is 12.4. The van der Waals surface area contributed by atoms with Crippen LogP contribution in [0.4, 0.5) is 11.4 Å². The third-order valence-electron chi connectivity index (χ3n) is 4.08. The van der Waals surface area contributed by atoms with Crippen LogP contribution in [0.25, 0.3) is 0 Å². The van der Waals surface area contributed by atoms with E-state index < -0.39 is 0 Å². The second-order valence-electron chi connectivity index (χ2n) is 5.77. The molecule has 0 atom stereocenters. The van der Waals surface area contributed by atoms with Crippen molar-refractivity contribution >= 4 is 45.4 Å². The number of unbranched alkanes of at least 4 members (excludes halogenated alkanes) is 3. The fourth-order valence-corrected chi connectivity index (χ4v) is 4.58. The molecule has 0 amide bonds. The Morgan fingerprint density at radius 2 is 1.78 bits per heavy atom. The number of carbonyl (C=O) groups excluding carboxylic acids is 1. The first-order valence-electron chi connectivity index (χ1n) is 8.07. The van der Waals surface area contributed by atoms with Gasteiger partial charge in [-0.05, 0) is 42.8 Å². The van der Waals surface area contributed by atoms with Crippen molar-refractivity contribution < 1.29 is 4.79 Å². The molecular weight excluding hydrogens is 370 g/mol. The van der Waals surface area contributed by atoms with E-state index in [2.05, 4.69) is 52.0 Å². The zero-order valence-corrected chi connectivity index (χ0v) is 15.6. The summed E-state index contributed by atoms with van der Waals surface area (Å²) in [5.74, 6) is 0. The third-order valence-corrected chi connectivity index (χ3v) is 5.67. The van der Waals surface area contributed by atoms with Gasteiger partial charge in [0.2, 0.25) is 0 Å². The molecule has 120 valence electrons. The van der Waals surface area contributed by atoms with Crippen LogP contribution in [0.1, 0.15) is 43.0 Å². The predicted molar refractivity (Wildman–Crippen MR) is 101 cm³/mol. The predicted octanol–water partition coefficient (Wildman–Crippen LogP) is 6.44. The van der Waals surface area contributed by atoms with Crippen LogP contribution in [0.15, 0.2) is 50.7 Å². The molecule has 2 nitrogen and oxygen atoms in total. The van der Waals surface area contributed by atoms with Gasteiger partial charge in [-0.2, -0.15) is 0 Å². The lowest BCUT2D eigenvalue weighted by Crippen LogP contribution is -2.22. The zero-order valence-electron chi connectivity index (χ0n) is 13.2. The van der Waals surface area contributed by atoms with Crippen LogP contribution in [0.5, 0.6) is 0 Å². The van der Waals surface area contributed by atoms with E-state index in [1.807, 2.05) is 12.1 Å². The van der Waals surface area contributed by atoms with E-state index in [0.29, 0.717) is 0 Å². The number of halogens is 1. The van der Waals surface area contributed by atoms with Gasteiger partial charge >= 0.3 is 0 Å². The Bertz CT molecular complexity index is 717. The van der Waals surface area contributed by atoms with Gasteiger partial charge in [0.1, 0.15) is 6.29 Å². The van der Waals surface area contributed by atoms with Crippen molar-refractivity contribution in [1.29, 1.82) is 0 Å². The van der Waals surface area contributed by atoms with E-state index in [9.17, 15) is 4.79 Å². The quantitative estimate of drug-likeness (QED) is 0.418. The highest BCUT2D eigenvalue weighted by Gasteiger charge is 2.23. The molecule has 2 aromatic rings. The topological polar surface area (TPSA) is 20.3 Å². The number of rotatable bonds is 6. The first-order chi connectivity index (χ1) is 11.2. The lowest BCUT2D eigenvalue weighted by atomic mass is 10.1. The maximum atomic E-state index is 11.1. The van der Waals surface area contributed by atoms with Crippen molar-refractivity contribution in [2.45, 2.75) is 42.4 Å². The molecule has 1 heterocycles. The Hall–Kier alpha value is -1.26. The average molecular weight is 390 g/mol. The summed E-state index contributed by atoms with van der Waals surface area (Å²) in [5.41, 5.74) is 3.22. The molecule has 0 fully saturated rings. The summed E-state index contributed by atoms with van der Waals surface area (Å²) in [4.78, 5) is 15.9. The van der Waals surface area contributed by atoms with Crippen LogP contribution in [0.2, 0.25) is 0 Å². The first-order valence-corrected chi connectivity index (χ1v) is 9.68. The largest absolute Gasteiger partial charge is 0.340 e. The molecule has 3 rings (SSSR count). The van der Waals surface area contributed by atoms with Crippen LogP contribution in [-0.2, 0) is 0 Å². The van der Waals surface area contributed by atoms with E-state index >= 15 is 0 Å². The van der Waals surface area contributed by atoms with E-state index in [1.165, 1.54) is 42.0 Å². The molecule has 0 N–H and O–H groups in total. The van der Waals surface area contributed by atoms with Gasteiger partial charge in [0.15, 0.2) is 0 Å². The normalized spacial score (nSPS) is 12.7. The number of anilines is 2. The van der Waals surface area contributed by atoms with Crippen molar-refractivity contribution in [2.24, 2.45) is 0 Å². The van der Waals surface area contributed by atoms with Crippen molar-refractivity contribution in [2.75, 3.05) is 11.4 Å². The molecule has 0 spiro atoms. The molecule has 0 saturated heterocycles. The monoisotopic (exact) mass is 389 g/mol. The summed E-state index contributed by atoms with van der Waals surface area (Å²) in [5, 5.41) is 0. The Morgan fingerprint density at radius 1 is 1.04 bits per heavy atom. The molecule has 4 heteroatoms. The smallest absolute Gasteiger partial charge is 0.150 e. The minimum atomic E-state index is 0.737. The molecule has 0 unspecified atom stereocenters. The summed E-state index contributed by atoms with van der Waals surface area (Å²) in [7, 11) is 0. The molecule has 0 aliphatic carbocycles. The lowest BCUT2D eigenvalue weighted by Gasteiger charge is -2.33. The van der Waals surface area contributed by atoms with Crippen LogP contribution < -0.4 is 4.90 Å². The van der Waals surface area contributed by atoms with Gasteiger partial charge in [-0.1, -0.05) is 53.9 Å². The fraction of sp³-hybridized carbons (Fsp3) is 0.316. The van der Waals surface area contributed by atoms with Gasteiger partial charge in [-0.3, -0.25) is 4.79 Å². The van der Waals surface area contributed by atoms with Crippen molar-refractivity contribution in [3.05, 3.63) is 46.4 Å². The minimum absolute atomic E-state index is 0.737. The molecule has 0 aromatic heterocycles. The third kappa shape index (κ3) is 3.64. The number of benzene rings is 2. The minimum Gasteiger partial charge on any atom is -0.340 e. The summed E-state index contributed by atoms with van der Waals surface area (Å²) >= 11 is 5.31. The van der Waals surface area contributed by atoms with Gasteiger partial charge in [0.05, 0.1) is 11.4 Å². The second-order valence-corrected chi connectivity index (χ2v) is 7.77. The van der Waals surface area contributed by atoms with Crippen LogP contribution in [0, 0.1) is 0 Å². The van der Waals surface area contributed by atoms with Gasteiger partial charge in [-0.25, -0.2) is 0 Å². The number of aldehydes is 1. The van der Waals surface area contributed by atoms with E-state index in [0.717, 1.165) is 27.8 Å². The SMILES string of the molecule is CCCCCCN1c2ccc(Br)cc2Sc2cc(C=O)ccc21. The molecule has 0 radical (unpaired) electrons. The maximum Gasteiger partial charge on any atom is 0.150 e. The van der Waals surface area contributed by atoms with Crippen LogP contribution in [0.3, 0.4) is 0 Å². The van der Waals surface area contributed by atoms with Crippen molar-refractivity contribution in [1.82, 2.24) is 0 Å². The zero-order chi connectivity index (χ0) is 16.2. The van der Waals surface area contributed by atoms with Gasteiger partial charge in [-0.15, -0.1) is 0 Å². The highest BCUT2D eigenvalue weighted by Crippen LogP contribution is 2.49. The highest BCUT2D eigenvalue weighted by atomic mass is 79.9. The fourth-order valence-electron chi connectivity index (χ4n) is 2.89. The van der Waals surface area contributed by atoms with Crippen LogP contribution >= 0.6 is 27.7 Å². The Kier molecular flexibility index (Phi) is 5.44. The highest BCUT2D eigenvalue weighted by molar-refractivity contribution is 9.10. The molecule has 1 aliphatic rings. The summed E-state index contributed by atoms with van der Waals surface area (Å²) < 4.78 is 1.09. The Morgan fingerprint density at radius 3 is 2.52 bits per heavy atom. The number of hydrogen-bond donors (Lipinski definition) is 0. The second kappa shape index (κ2) is 7.54. The Balaban J connectivity index is 1.95. The summed E-state index contributed by atoms with van der Waals surface area (Å²) in [6.07, 6.45) is 5.89. The first kappa shape index (κ1) is 16.6. The van der Waals surface area contributed by atoms with E-state index in [-0.39, 0.29) is 0 Å². The lowest BCUT2D eigenvalue weighted by molar-refractivity contribution is 0.112. The van der Waals surface area contributed by atoms with Crippen molar-refractivity contribution in [3.8, 4) is 0 Å². The molecule has 2 aromatic carbocycles. The van der Waals surface area contributed by atoms with E-state index in [4.69, 9.17) is 0 Å². The molecule has 23 heavy (non-hydrogen) atoms. The summed E-state index contributed by atoms with van der Waals surface area (Å²) in [6.45, 7) is 3.25. The average Bonchev–Trinajstić information content (AvgIpc) is 2.57. The molecule has 0 bridgehead atoms. The van der Waals surface area contributed by atoms with Gasteiger partial charge in [0, 0.05) is 26.4 Å². The number of nitrogens with zero attached hydrogens (tertiary/aromatic N) is 1. The number of fused-ring (bicyclic) bond motifs is 2. The molecule has 0 saturated carbocycles. The maximum absolute atomic E-state index is 11.1. The van der Waals surface area contributed by atoms with Gasteiger partial charge in [0.25, 0.3) is 0 Å². The number of hydrogen-bond acceptors (Lipinski definition) is 3. The standard InChI is InChI=1S/C19H20BrNOS/c1-2-3-4-5-10-21-16-8-6-14(13-22)11-18(16)23-19-12-15(20)7-9-17(19)21/h6-9,11-13H,2-5,10H2,1H3. The Labute approximate surface area is 150 Å². The van der Waals surface area contributed by atoms with Gasteiger partial charge < -0.3 is 4.90 Å². The van der Waals surface area contributed by atoms with E-state index in [1.54, 1.807) is 11.8 Å². The van der Waals surface area contributed by atoms with Crippen molar-refractivity contribution in [3.63, 3.8) is 0 Å². The molecular formula is C19H20BrNOS. The molecule has 1 aliphatic heterocycles. The van der Waals surface area contributed by atoms with Crippen LogP contribution in [-0.4, -0.2) is 12.8 Å². The number of carbonyl (C=O) groups is 1.